The maximum absolute atomic E-state index is 13.0. The third-order valence-corrected chi connectivity index (χ3v) is 4.57. The zero-order chi connectivity index (χ0) is 15.9. The Morgan fingerprint density at radius 1 is 1.24 bits per heavy atom. The van der Waals surface area contributed by atoms with Crippen LogP contribution in [0.4, 0.5) is 0 Å². The number of carbonyl (C=O) groups excluding carboxylic acids is 1. The molecule has 1 rings (SSSR count). The molecular weight excluding hydrogens is 262 g/mol. The van der Waals surface area contributed by atoms with E-state index in [-0.39, 0.29) is 5.41 Å². The lowest BCUT2D eigenvalue weighted by Crippen LogP contribution is -2.52. The molecule has 0 aromatic heterocycles. The van der Waals surface area contributed by atoms with Gasteiger partial charge in [-0.15, -0.1) is 0 Å². The molecule has 1 aliphatic rings. The number of likely N-dealkylation sites (N-methyl/N-ethyl adjacent to an activating group) is 1. The molecule has 1 atom stereocenters. The standard InChI is InChI=1S/C17H35N3O/c1-6-19(7-2)11-12-20(13-15(3)4)16(21)17(5)9-8-10-18-14-17/h15,18H,6-14H2,1-5H3. The number of rotatable bonds is 8. The minimum absolute atomic E-state index is 0.212. The summed E-state index contributed by atoms with van der Waals surface area (Å²) in [6, 6.07) is 0. The van der Waals surface area contributed by atoms with Gasteiger partial charge >= 0.3 is 0 Å². The Morgan fingerprint density at radius 2 is 1.90 bits per heavy atom. The summed E-state index contributed by atoms with van der Waals surface area (Å²) >= 11 is 0. The fourth-order valence-corrected chi connectivity index (χ4v) is 3.14. The van der Waals surface area contributed by atoms with Gasteiger partial charge in [-0.25, -0.2) is 0 Å². The van der Waals surface area contributed by atoms with Crippen LogP contribution in [0.2, 0.25) is 0 Å². The average Bonchev–Trinajstić information content (AvgIpc) is 2.46. The second kappa shape index (κ2) is 8.74. The number of hydrogen-bond acceptors (Lipinski definition) is 3. The first kappa shape index (κ1) is 18.4. The average molecular weight is 297 g/mol. The first-order valence-electron chi connectivity index (χ1n) is 8.65. The molecule has 21 heavy (non-hydrogen) atoms. The monoisotopic (exact) mass is 297 g/mol. The smallest absolute Gasteiger partial charge is 0.229 e. The number of hydrogen-bond donors (Lipinski definition) is 1. The number of nitrogens with zero attached hydrogens (tertiary/aromatic N) is 2. The lowest BCUT2D eigenvalue weighted by molar-refractivity contribution is -0.143. The molecule has 1 heterocycles. The van der Waals surface area contributed by atoms with Crippen molar-refractivity contribution in [2.24, 2.45) is 11.3 Å². The van der Waals surface area contributed by atoms with E-state index in [1.807, 2.05) is 0 Å². The van der Waals surface area contributed by atoms with E-state index in [2.05, 4.69) is 49.7 Å². The minimum atomic E-state index is -0.212. The predicted molar refractivity (Wildman–Crippen MR) is 89.4 cm³/mol. The van der Waals surface area contributed by atoms with Crippen LogP contribution in [0.3, 0.4) is 0 Å². The van der Waals surface area contributed by atoms with Crippen LogP contribution in [0.5, 0.6) is 0 Å². The third-order valence-electron chi connectivity index (χ3n) is 4.57. The summed E-state index contributed by atoms with van der Waals surface area (Å²) in [7, 11) is 0. The fraction of sp³-hybridized carbons (Fsp3) is 0.941. The second-order valence-electron chi connectivity index (χ2n) is 7.01. The molecule has 1 fully saturated rings. The summed E-state index contributed by atoms with van der Waals surface area (Å²) in [5.74, 6) is 0.862. The van der Waals surface area contributed by atoms with Gasteiger partial charge in [-0.05, 0) is 45.3 Å². The van der Waals surface area contributed by atoms with Crippen LogP contribution in [0, 0.1) is 11.3 Å². The number of nitrogens with one attached hydrogen (secondary N) is 1. The van der Waals surface area contributed by atoms with Crippen molar-refractivity contribution in [3.8, 4) is 0 Å². The SMILES string of the molecule is CCN(CC)CCN(CC(C)C)C(=O)C1(C)CCCNC1. The Balaban J connectivity index is 2.68. The molecule has 0 saturated carbocycles. The van der Waals surface area contributed by atoms with Crippen molar-refractivity contribution in [1.29, 1.82) is 0 Å². The summed E-state index contributed by atoms with van der Waals surface area (Å²) < 4.78 is 0. The number of carbonyl (C=O) groups is 1. The molecule has 0 bridgehead atoms. The zero-order valence-corrected chi connectivity index (χ0v) is 14.7. The first-order chi connectivity index (χ1) is 9.92. The molecule has 0 aromatic rings. The van der Waals surface area contributed by atoms with Crippen molar-refractivity contribution in [3.63, 3.8) is 0 Å². The summed E-state index contributed by atoms with van der Waals surface area (Å²) in [6.45, 7) is 17.6. The van der Waals surface area contributed by atoms with Gasteiger partial charge in [0.1, 0.15) is 0 Å². The number of amides is 1. The van der Waals surface area contributed by atoms with Gasteiger partial charge < -0.3 is 15.1 Å². The van der Waals surface area contributed by atoms with Crippen LogP contribution in [-0.2, 0) is 4.79 Å². The van der Waals surface area contributed by atoms with Gasteiger partial charge in [0.15, 0.2) is 0 Å². The van der Waals surface area contributed by atoms with E-state index < -0.39 is 0 Å². The van der Waals surface area contributed by atoms with E-state index in [1.54, 1.807) is 0 Å². The van der Waals surface area contributed by atoms with Crippen LogP contribution >= 0.6 is 0 Å². The number of piperidine rings is 1. The van der Waals surface area contributed by atoms with Gasteiger partial charge in [-0.2, -0.15) is 0 Å². The molecule has 4 heteroatoms. The Labute approximate surface area is 131 Å². The van der Waals surface area contributed by atoms with Crippen LogP contribution in [0.15, 0.2) is 0 Å². The van der Waals surface area contributed by atoms with Crippen molar-refractivity contribution in [2.75, 3.05) is 45.8 Å². The highest BCUT2D eigenvalue weighted by molar-refractivity contribution is 5.82. The quantitative estimate of drug-likeness (QED) is 0.746. The van der Waals surface area contributed by atoms with Crippen molar-refractivity contribution in [2.45, 2.75) is 47.5 Å². The zero-order valence-electron chi connectivity index (χ0n) is 14.7. The van der Waals surface area contributed by atoms with Gasteiger partial charge in [0.05, 0.1) is 5.41 Å². The minimum Gasteiger partial charge on any atom is -0.341 e. The molecule has 1 amide bonds. The maximum Gasteiger partial charge on any atom is 0.229 e. The highest BCUT2D eigenvalue weighted by Gasteiger charge is 2.37. The van der Waals surface area contributed by atoms with Crippen LogP contribution in [0.25, 0.3) is 0 Å². The highest BCUT2D eigenvalue weighted by atomic mass is 16.2. The predicted octanol–water partition coefficient (Wildman–Crippen LogP) is 2.20. The normalized spacial score (nSPS) is 22.8. The van der Waals surface area contributed by atoms with E-state index in [0.717, 1.165) is 58.7 Å². The van der Waals surface area contributed by atoms with Crippen LogP contribution < -0.4 is 5.32 Å². The van der Waals surface area contributed by atoms with Gasteiger partial charge in [0.2, 0.25) is 5.91 Å². The molecule has 0 aromatic carbocycles. The Morgan fingerprint density at radius 3 is 2.38 bits per heavy atom. The molecule has 1 saturated heterocycles. The van der Waals surface area contributed by atoms with Crippen molar-refractivity contribution >= 4 is 5.91 Å². The molecule has 0 aliphatic carbocycles. The lowest BCUT2D eigenvalue weighted by Gasteiger charge is -2.38. The van der Waals surface area contributed by atoms with Crippen LogP contribution in [0.1, 0.15) is 47.5 Å². The molecule has 1 unspecified atom stereocenters. The van der Waals surface area contributed by atoms with Crippen LogP contribution in [-0.4, -0.2) is 61.5 Å². The molecule has 1 aliphatic heterocycles. The summed E-state index contributed by atoms with van der Waals surface area (Å²) in [5, 5.41) is 3.39. The van der Waals surface area contributed by atoms with Gasteiger partial charge in [-0.3, -0.25) is 4.79 Å². The Hall–Kier alpha value is -0.610. The Bertz CT molecular complexity index is 307. The van der Waals surface area contributed by atoms with E-state index in [0.29, 0.717) is 11.8 Å². The largest absolute Gasteiger partial charge is 0.341 e. The molecule has 1 N–H and O–H groups in total. The van der Waals surface area contributed by atoms with E-state index in [1.165, 1.54) is 0 Å². The second-order valence-corrected chi connectivity index (χ2v) is 7.01. The van der Waals surface area contributed by atoms with Gasteiger partial charge in [0, 0.05) is 26.2 Å². The summed E-state index contributed by atoms with van der Waals surface area (Å²) in [6.07, 6.45) is 2.12. The van der Waals surface area contributed by atoms with Crippen molar-refractivity contribution in [1.82, 2.24) is 15.1 Å². The highest BCUT2D eigenvalue weighted by Crippen LogP contribution is 2.28. The fourth-order valence-electron chi connectivity index (χ4n) is 3.14. The van der Waals surface area contributed by atoms with Crippen molar-refractivity contribution in [3.05, 3.63) is 0 Å². The summed E-state index contributed by atoms with van der Waals surface area (Å²) in [4.78, 5) is 17.5. The molecular formula is C17H35N3O. The third kappa shape index (κ3) is 5.59. The molecule has 0 spiro atoms. The summed E-state index contributed by atoms with van der Waals surface area (Å²) in [5.41, 5.74) is -0.212. The van der Waals surface area contributed by atoms with E-state index in [9.17, 15) is 4.79 Å². The van der Waals surface area contributed by atoms with Crippen molar-refractivity contribution < 1.29 is 4.79 Å². The topological polar surface area (TPSA) is 35.6 Å². The molecule has 0 radical (unpaired) electrons. The van der Waals surface area contributed by atoms with Gasteiger partial charge in [0.25, 0.3) is 0 Å². The van der Waals surface area contributed by atoms with Gasteiger partial charge in [-0.1, -0.05) is 27.7 Å². The maximum atomic E-state index is 13.0. The Kier molecular flexibility index (Phi) is 7.67. The van der Waals surface area contributed by atoms with E-state index in [4.69, 9.17) is 0 Å². The molecule has 124 valence electrons. The molecule has 4 nitrogen and oxygen atoms in total. The lowest BCUT2D eigenvalue weighted by atomic mass is 9.81. The first-order valence-corrected chi connectivity index (χ1v) is 8.65. The van der Waals surface area contributed by atoms with E-state index >= 15 is 0 Å².